The van der Waals surface area contributed by atoms with Crippen LogP contribution < -0.4 is 5.32 Å². The van der Waals surface area contributed by atoms with Crippen molar-refractivity contribution in [2.24, 2.45) is 0 Å². The van der Waals surface area contributed by atoms with Crippen molar-refractivity contribution in [1.29, 1.82) is 0 Å². The van der Waals surface area contributed by atoms with Crippen LogP contribution in [0.5, 0.6) is 0 Å². The van der Waals surface area contributed by atoms with Crippen LogP contribution in [-0.4, -0.2) is 30.4 Å². The van der Waals surface area contributed by atoms with E-state index in [4.69, 9.17) is 11.6 Å². The lowest BCUT2D eigenvalue weighted by Gasteiger charge is -2.13. The second-order valence-electron chi connectivity index (χ2n) is 6.37. The lowest BCUT2D eigenvalue weighted by atomic mass is 10.2. The van der Waals surface area contributed by atoms with Crippen molar-refractivity contribution in [3.8, 4) is 0 Å². The summed E-state index contributed by atoms with van der Waals surface area (Å²) in [6.45, 7) is 3.53. The van der Waals surface area contributed by atoms with Crippen molar-refractivity contribution in [2.45, 2.75) is 32.9 Å². The van der Waals surface area contributed by atoms with Crippen LogP contribution in [0.25, 0.3) is 0 Å². The molecular weight excluding hydrogens is 403 g/mol. The molecule has 0 saturated carbocycles. The van der Waals surface area contributed by atoms with Gasteiger partial charge in [-0.25, -0.2) is 4.39 Å². The summed E-state index contributed by atoms with van der Waals surface area (Å²) in [5.74, 6) is -1.05. The molecule has 3 rings (SSSR count). The summed E-state index contributed by atoms with van der Waals surface area (Å²) >= 11 is 6.16. The molecule has 2 heterocycles. The second kappa shape index (κ2) is 8.39. The van der Waals surface area contributed by atoms with E-state index >= 15 is 0 Å². The van der Waals surface area contributed by atoms with E-state index in [2.05, 4.69) is 15.5 Å². The summed E-state index contributed by atoms with van der Waals surface area (Å²) in [6.07, 6.45) is 1.83. The second-order valence-corrected chi connectivity index (χ2v) is 6.78. The highest BCUT2D eigenvalue weighted by molar-refractivity contribution is 6.33. The van der Waals surface area contributed by atoms with Gasteiger partial charge in [-0.15, -0.1) is 0 Å². The average Bonchev–Trinajstić information content (AvgIpc) is 3.21. The van der Waals surface area contributed by atoms with E-state index in [1.165, 1.54) is 27.7 Å². The number of aromatic nitrogens is 4. The maximum absolute atomic E-state index is 13.8. The van der Waals surface area contributed by atoms with Crippen LogP contribution in [0.15, 0.2) is 36.5 Å². The SMILES string of the molecule is CCC(C(=O)Nc1nn(Cc2ccccc2F)cc1Cl)n1nc([N+](=O)[O-])cc1C. The van der Waals surface area contributed by atoms with Crippen LogP contribution in [0.2, 0.25) is 5.02 Å². The standard InChI is InChI=1S/C18H18ClFN6O3/c1-3-15(25-11(2)8-16(22-25)26(28)29)18(27)21-17-13(19)10-24(23-17)9-12-6-4-5-7-14(12)20/h4-8,10,15H,3,9H2,1-2H3,(H,21,23,27). The molecule has 2 aromatic heterocycles. The third-order valence-corrected chi connectivity index (χ3v) is 4.61. The normalized spacial score (nSPS) is 12.0. The van der Waals surface area contributed by atoms with Crippen LogP contribution >= 0.6 is 11.6 Å². The predicted molar refractivity (Wildman–Crippen MR) is 104 cm³/mol. The van der Waals surface area contributed by atoms with Crippen molar-refractivity contribution < 1.29 is 14.1 Å². The third kappa shape index (κ3) is 4.43. The van der Waals surface area contributed by atoms with E-state index in [1.807, 2.05) is 0 Å². The molecule has 1 N–H and O–H groups in total. The van der Waals surface area contributed by atoms with Gasteiger partial charge in [-0.1, -0.05) is 36.7 Å². The molecule has 0 fully saturated rings. The Morgan fingerprint density at radius 2 is 2.10 bits per heavy atom. The van der Waals surface area contributed by atoms with Gasteiger partial charge in [0.15, 0.2) is 11.9 Å². The maximum Gasteiger partial charge on any atom is 0.390 e. The lowest BCUT2D eigenvalue weighted by Crippen LogP contribution is -2.27. The molecule has 11 heteroatoms. The van der Waals surface area contributed by atoms with Crippen LogP contribution in [0.3, 0.4) is 0 Å². The number of nitrogens with zero attached hydrogens (tertiary/aromatic N) is 5. The number of hydrogen-bond acceptors (Lipinski definition) is 5. The Balaban J connectivity index is 1.78. The number of hydrogen-bond donors (Lipinski definition) is 1. The molecule has 9 nitrogen and oxygen atoms in total. The van der Waals surface area contributed by atoms with E-state index < -0.39 is 16.9 Å². The van der Waals surface area contributed by atoms with Crippen molar-refractivity contribution in [1.82, 2.24) is 19.6 Å². The van der Waals surface area contributed by atoms with Gasteiger partial charge >= 0.3 is 5.82 Å². The van der Waals surface area contributed by atoms with Gasteiger partial charge in [0, 0.05) is 11.8 Å². The summed E-state index contributed by atoms with van der Waals surface area (Å²) in [6, 6.07) is 6.80. The fourth-order valence-electron chi connectivity index (χ4n) is 2.91. The summed E-state index contributed by atoms with van der Waals surface area (Å²) < 4.78 is 16.5. The van der Waals surface area contributed by atoms with Crippen LogP contribution in [0.4, 0.5) is 16.0 Å². The first-order chi connectivity index (χ1) is 13.8. The molecule has 0 aliphatic carbocycles. The first-order valence-electron chi connectivity index (χ1n) is 8.78. The van der Waals surface area contributed by atoms with Gasteiger partial charge < -0.3 is 15.4 Å². The number of carbonyl (C=O) groups is 1. The van der Waals surface area contributed by atoms with E-state index in [0.717, 1.165) is 0 Å². The van der Waals surface area contributed by atoms with E-state index in [0.29, 0.717) is 17.7 Å². The van der Waals surface area contributed by atoms with Gasteiger partial charge in [-0.05, 0) is 24.3 Å². The number of anilines is 1. The van der Waals surface area contributed by atoms with Gasteiger partial charge in [0.05, 0.1) is 23.4 Å². The van der Waals surface area contributed by atoms with E-state index in [9.17, 15) is 19.3 Å². The van der Waals surface area contributed by atoms with Gasteiger partial charge in [0.25, 0.3) is 5.91 Å². The van der Waals surface area contributed by atoms with Crippen LogP contribution in [-0.2, 0) is 11.3 Å². The summed E-state index contributed by atoms with van der Waals surface area (Å²) in [5, 5.41) is 21.8. The van der Waals surface area contributed by atoms with Crippen LogP contribution in [0.1, 0.15) is 30.6 Å². The first-order valence-corrected chi connectivity index (χ1v) is 9.15. The van der Waals surface area contributed by atoms with E-state index in [-0.39, 0.29) is 29.0 Å². The number of amides is 1. The van der Waals surface area contributed by atoms with Crippen molar-refractivity contribution >= 4 is 29.1 Å². The summed E-state index contributed by atoms with van der Waals surface area (Å²) in [5.41, 5.74) is 0.908. The first kappa shape index (κ1) is 20.5. The Morgan fingerprint density at radius 1 is 1.38 bits per heavy atom. The minimum atomic E-state index is -0.781. The Bertz CT molecular complexity index is 1060. The molecule has 0 aliphatic heterocycles. The predicted octanol–water partition coefficient (Wildman–Crippen LogP) is 3.73. The Kier molecular flexibility index (Phi) is 5.92. The molecule has 0 radical (unpaired) electrons. The summed E-state index contributed by atoms with van der Waals surface area (Å²) in [4.78, 5) is 23.1. The molecule has 0 spiro atoms. The molecule has 29 heavy (non-hydrogen) atoms. The van der Waals surface area contributed by atoms with Gasteiger partial charge in [-0.3, -0.25) is 9.48 Å². The smallest absolute Gasteiger partial charge is 0.358 e. The molecule has 1 atom stereocenters. The molecule has 3 aromatic rings. The van der Waals surface area contributed by atoms with Crippen LogP contribution in [0, 0.1) is 22.9 Å². The Labute approximate surface area is 170 Å². The number of halogens is 2. The monoisotopic (exact) mass is 420 g/mol. The lowest BCUT2D eigenvalue weighted by molar-refractivity contribution is -0.389. The molecule has 1 unspecified atom stereocenters. The third-order valence-electron chi connectivity index (χ3n) is 4.33. The number of nitro groups is 1. The van der Waals surface area contributed by atoms with Gasteiger partial charge in [0.2, 0.25) is 0 Å². The van der Waals surface area contributed by atoms with Gasteiger partial charge in [-0.2, -0.15) is 9.78 Å². The molecule has 0 bridgehead atoms. The number of nitrogens with one attached hydrogen (secondary N) is 1. The highest BCUT2D eigenvalue weighted by Crippen LogP contribution is 2.24. The van der Waals surface area contributed by atoms with Crippen molar-refractivity contribution in [2.75, 3.05) is 5.32 Å². The number of aryl methyl sites for hydroxylation is 1. The molecular formula is C18H18ClFN6O3. The summed E-state index contributed by atoms with van der Waals surface area (Å²) in [7, 11) is 0. The molecule has 1 aromatic carbocycles. The molecule has 1 amide bonds. The number of carbonyl (C=O) groups excluding carboxylic acids is 1. The topological polar surface area (TPSA) is 108 Å². The quantitative estimate of drug-likeness (QED) is 0.463. The number of rotatable bonds is 7. The highest BCUT2D eigenvalue weighted by Gasteiger charge is 2.28. The zero-order chi connectivity index (χ0) is 21.1. The van der Waals surface area contributed by atoms with Crippen molar-refractivity contribution in [3.63, 3.8) is 0 Å². The highest BCUT2D eigenvalue weighted by atomic mass is 35.5. The largest absolute Gasteiger partial charge is 0.390 e. The average molecular weight is 421 g/mol. The number of benzene rings is 1. The molecule has 152 valence electrons. The Morgan fingerprint density at radius 3 is 2.72 bits per heavy atom. The zero-order valence-corrected chi connectivity index (χ0v) is 16.4. The van der Waals surface area contributed by atoms with Gasteiger partial charge in [0.1, 0.15) is 10.8 Å². The van der Waals surface area contributed by atoms with Crippen molar-refractivity contribution in [3.05, 3.63) is 68.7 Å². The minimum Gasteiger partial charge on any atom is -0.358 e. The Hall–Kier alpha value is -3.27. The fourth-order valence-corrected chi connectivity index (χ4v) is 3.11. The minimum absolute atomic E-state index is 0.116. The maximum atomic E-state index is 13.8. The zero-order valence-electron chi connectivity index (χ0n) is 15.7. The fraction of sp³-hybridized carbons (Fsp3) is 0.278. The molecule has 0 aliphatic rings. The molecule has 0 saturated heterocycles. The van der Waals surface area contributed by atoms with E-state index in [1.54, 1.807) is 32.0 Å².